The van der Waals surface area contributed by atoms with E-state index >= 15 is 0 Å². The Balaban J connectivity index is 2.18. The molecule has 6 heteroatoms. The lowest BCUT2D eigenvalue weighted by molar-refractivity contribution is 0.339. The highest BCUT2D eigenvalue weighted by Crippen LogP contribution is 2.34. The number of hydrogen-bond acceptors (Lipinski definition) is 4. The summed E-state index contributed by atoms with van der Waals surface area (Å²) in [4.78, 5) is 0. The molecule has 1 fully saturated rings. The molecule has 0 aliphatic carbocycles. The minimum atomic E-state index is -2.90. The molecule has 0 bridgehead atoms. The van der Waals surface area contributed by atoms with E-state index in [-0.39, 0.29) is 23.5 Å². The van der Waals surface area contributed by atoms with Crippen molar-refractivity contribution in [2.24, 2.45) is 11.7 Å². The lowest BCUT2D eigenvalue weighted by Gasteiger charge is -2.20. The summed E-state index contributed by atoms with van der Waals surface area (Å²) >= 11 is 3.48. The van der Waals surface area contributed by atoms with Crippen LogP contribution < -0.4 is 10.5 Å². The number of halogens is 1. The van der Waals surface area contributed by atoms with E-state index in [4.69, 9.17) is 10.5 Å². The van der Waals surface area contributed by atoms with E-state index in [2.05, 4.69) is 15.9 Å². The third-order valence-corrected chi connectivity index (χ3v) is 5.90. The van der Waals surface area contributed by atoms with Crippen molar-refractivity contribution in [3.63, 3.8) is 0 Å². The summed E-state index contributed by atoms with van der Waals surface area (Å²) in [5.74, 6) is 1.22. The van der Waals surface area contributed by atoms with Crippen molar-refractivity contribution in [2.75, 3.05) is 18.1 Å². The number of benzene rings is 1. The molecule has 0 spiro atoms. The van der Waals surface area contributed by atoms with Gasteiger partial charge in [0.2, 0.25) is 0 Å². The zero-order valence-electron chi connectivity index (χ0n) is 10.8. The van der Waals surface area contributed by atoms with Crippen molar-refractivity contribution >= 4 is 25.8 Å². The van der Waals surface area contributed by atoms with Gasteiger partial charge in [0.05, 0.1) is 18.1 Å². The monoisotopic (exact) mass is 347 g/mol. The van der Waals surface area contributed by atoms with Crippen LogP contribution in [0.1, 0.15) is 24.9 Å². The third-order valence-electron chi connectivity index (χ3n) is 3.42. The quantitative estimate of drug-likeness (QED) is 0.906. The standard InChI is InChI=1S/C13H18BrNO3S/c1-2-18-10-3-4-11(12(14)7-10)13(15)9-5-6-19(16,17)8-9/h3-4,7,9,13H,2,5-6,8,15H2,1H3. The van der Waals surface area contributed by atoms with E-state index < -0.39 is 9.84 Å². The summed E-state index contributed by atoms with van der Waals surface area (Å²) in [6.45, 7) is 2.54. The molecule has 2 N–H and O–H groups in total. The SMILES string of the molecule is CCOc1ccc(C(N)C2CCS(=O)(=O)C2)c(Br)c1. The highest BCUT2D eigenvalue weighted by Gasteiger charge is 2.33. The fourth-order valence-electron chi connectivity index (χ4n) is 2.40. The van der Waals surface area contributed by atoms with Crippen LogP contribution in [0.2, 0.25) is 0 Å². The summed E-state index contributed by atoms with van der Waals surface area (Å²) in [6.07, 6.45) is 0.642. The molecule has 19 heavy (non-hydrogen) atoms. The lowest BCUT2D eigenvalue weighted by Crippen LogP contribution is -2.22. The van der Waals surface area contributed by atoms with Crippen LogP contribution in [0.15, 0.2) is 22.7 Å². The second kappa shape index (κ2) is 5.81. The van der Waals surface area contributed by atoms with Crippen molar-refractivity contribution in [3.05, 3.63) is 28.2 Å². The number of ether oxygens (including phenoxy) is 1. The van der Waals surface area contributed by atoms with Crippen LogP contribution in [0, 0.1) is 5.92 Å². The van der Waals surface area contributed by atoms with Crippen LogP contribution in [-0.4, -0.2) is 26.5 Å². The van der Waals surface area contributed by atoms with Crippen molar-refractivity contribution < 1.29 is 13.2 Å². The Morgan fingerprint density at radius 1 is 1.53 bits per heavy atom. The van der Waals surface area contributed by atoms with Gasteiger partial charge in [-0.1, -0.05) is 22.0 Å². The first-order valence-corrected chi connectivity index (χ1v) is 8.92. The second-order valence-corrected chi connectivity index (χ2v) is 7.89. The van der Waals surface area contributed by atoms with E-state index in [0.717, 1.165) is 15.8 Å². The number of rotatable bonds is 4. The molecule has 0 radical (unpaired) electrons. The van der Waals surface area contributed by atoms with Gasteiger partial charge in [0, 0.05) is 10.5 Å². The van der Waals surface area contributed by atoms with Gasteiger partial charge >= 0.3 is 0 Å². The minimum absolute atomic E-state index is 0.000700. The molecule has 2 atom stereocenters. The molecule has 1 heterocycles. The topological polar surface area (TPSA) is 69.4 Å². The van der Waals surface area contributed by atoms with Gasteiger partial charge in [-0.2, -0.15) is 0 Å². The summed E-state index contributed by atoms with van der Waals surface area (Å²) in [5, 5.41) is 0. The highest BCUT2D eigenvalue weighted by atomic mass is 79.9. The Bertz CT molecular complexity index is 559. The molecular weight excluding hydrogens is 330 g/mol. The Morgan fingerprint density at radius 3 is 2.79 bits per heavy atom. The Kier molecular flexibility index (Phi) is 4.53. The van der Waals surface area contributed by atoms with Gasteiger partial charge in [0.1, 0.15) is 5.75 Å². The average Bonchev–Trinajstić information content (AvgIpc) is 2.70. The van der Waals surface area contributed by atoms with Crippen molar-refractivity contribution in [1.82, 2.24) is 0 Å². The summed E-state index contributed by atoms with van der Waals surface area (Å²) in [6, 6.07) is 5.39. The van der Waals surface area contributed by atoms with Crippen molar-refractivity contribution in [3.8, 4) is 5.75 Å². The maximum Gasteiger partial charge on any atom is 0.150 e. The van der Waals surface area contributed by atoms with Gasteiger partial charge in [-0.3, -0.25) is 0 Å². The molecule has 2 unspecified atom stereocenters. The van der Waals surface area contributed by atoms with Gasteiger partial charge in [-0.15, -0.1) is 0 Å². The van der Waals surface area contributed by atoms with E-state index in [1.165, 1.54) is 0 Å². The normalized spacial score (nSPS) is 23.2. The minimum Gasteiger partial charge on any atom is -0.494 e. The lowest BCUT2D eigenvalue weighted by atomic mass is 9.93. The second-order valence-electron chi connectivity index (χ2n) is 4.81. The Morgan fingerprint density at radius 2 is 2.26 bits per heavy atom. The Hall–Kier alpha value is -0.590. The van der Waals surface area contributed by atoms with Gasteiger partial charge in [-0.05, 0) is 37.0 Å². The van der Waals surface area contributed by atoms with Gasteiger partial charge in [0.15, 0.2) is 9.84 Å². The zero-order valence-corrected chi connectivity index (χ0v) is 13.2. The molecule has 106 valence electrons. The number of hydrogen-bond donors (Lipinski definition) is 1. The molecule has 0 aromatic heterocycles. The molecule has 0 amide bonds. The van der Waals surface area contributed by atoms with Crippen LogP contribution in [-0.2, 0) is 9.84 Å². The predicted octanol–water partition coefficient (Wildman–Crippen LogP) is 2.28. The van der Waals surface area contributed by atoms with Crippen LogP contribution >= 0.6 is 15.9 Å². The van der Waals surface area contributed by atoms with Crippen LogP contribution in [0.3, 0.4) is 0 Å². The predicted molar refractivity (Wildman–Crippen MR) is 79.0 cm³/mol. The number of nitrogens with two attached hydrogens (primary N) is 1. The summed E-state index contributed by atoms with van der Waals surface area (Å²) in [7, 11) is -2.90. The molecule has 0 saturated carbocycles. The molecule has 1 aromatic rings. The fourth-order valence-corrected chi connectivity index (χ4v) is 4.87. The molecule has 2 rings (SSSR count). The summed E-state index contributed by atoms with van der Waals surface area (Å²) < 4.78 is 29.3. The average molecular weight is 348 g/mol. The van der Waals surface area contributed by atoms with Gasteiger partial charge in [-0.25, -0.2) is 8.42 Å². The van der Waals surface area contributed by atoms with Gasteiger partial charge < -0.3 is 10.5 Å². The van der Waals surface area contributed by atoms with E-state index in [9.17, 15) is 8.42 Å². The van der Waals surface area contributed by atoms with E-state index in [0.29, 0.717) is 13.0 Å². The first-order chi connectivity index (χ1) is 8.93. The maximum atomic E-state index is 11.5. The van der Waals surface area contributed by atoms with E-state index in [1.807, 2.05) is 25.1 Å². The fraction of sp³-hybridized carbons (Fsp3) is 0.538. The number of sulfone groups is 1. The summed E-state index contributed by atoms with van der Waals surface area (Å²) in [5.41, 5.74) is 7.15. The molecule has 1 saturated heterocycles. The zero-order chi connectivity index (χ0) is 14.0. The first kappa shape index (κ1) is 14.8. The third kappa shape index (κ3) is 3.49. The van der Waals surface area contributed by atoms with Gasteiger partial charge in [0.25, 0.3) is 0 Å². The van der Waals surface area contributed by atoms with Crippen LogP contribution in [0.4, 0.5) is 0 Å². The molecule has 4 nitrogen and oxygen atoms in total. The smallest absolute Gasteiger partial charge is 0.150 e. The largest absolute Gasteiger partial charge is 0.494 e. The van der Waals surface area contributed by atoms with Crippen LogP contribution in [0.5, 0.6) is 5.75 Å². The van der Waals surface area contributed by atoms with Crippen molar-refractivity contribution in [2.45, 2.75) is 19.4 Å². The van der Waals surface area contributed by atoms with Crippen molar-refractivity contribution in [1.29, 1.82) is 0 Å². The van der Waals surface area contributed by atoms with E-state index in [1.54, 1.807) is 0 Å². The molecular formula is C13H18BrNO3S. The first-order valence-electron chi connectivity index (χ1n) is 6.31. The Labute approximate surface area is 122 Å². The maximum absolute atomic E-state index is 11.5. The highest BCUT2D eigenvalue weighted by molar-refractivity contribution is 9.10. The molecule has 1 aliphatic heterocycles. The molecule has 1 aliphatic rings. The molecule has 1 aromatic carbocycles. The van der Waals surface area contributed by atoms with Crippen LogP contribution in [0.25, 0.3) is 0 Å².